The van der Waals surface area contributed by atoms with Gasteiger partial charge in [-0.3, -0.25) is 0 Å². The highest BCUT2D eigenvalue weighted by Gasteiger charge is 2.21. The summed E-state index contributed by atoms with van der Waals surface area (Å²) in [5.74, 6) is 0.473. The number of benzene rings is 2. The van der Waals surface area contributed by atoms with Crippen LogP contribution in [-0.2, 0) is 31.9 Å². The average Bonchev–Trinajstić information content (AvgIpc) is 3.01. The van der Waals surface area contributed by atoms with Crippen LogP contribution in [0.25, 0.3) is 11.1 Å². The zero-order valence-electron chi connectivity index (χ0n) is 25.7. The van der Waals surface area contributed by atoms with Crippen molar-refractivity contribution in [3.8, 4) is 11.1 Å². The van der Waals surface area contributed by atoms with Crippen LogP contribution in [0, 0.1) is 17.8 Å². The predicted octanol–water partition coefficient (Wildman–Crippen LogP) is 8.04. The normalized spacial score (nSPS) is 17.3. The first-order valence-electron chi connectivity index (χ1n) is 15.8. The van der Waals surface area contributed by atoms with Crippen LogP contribution < -0.4 is 0 Å². The maximum Gasteiger partial charge on any atom is 0.335 e. The Labute approximate surface area is 253 Å². The third-order valence-corrected chi connectivity index (χ3v) is 8.52. The van der Waals surface area contributed by atoms with E-state index in [0.717, 1.165) is 29.4 Å². The lowest BCUT2D eigenvalue weighted by Gasteiger charge is -2.28. The minimum atomic E-state index is -0.655. The highest BCUT2D eigenvalue weighted by molar-refractivity contribution is 5.88. The Kier molecular flexibility index (Phi) is 14.0. The second-order valence-corrected chi connectivity index (χ2v) is 12.1. The van der Waals surface area contributed by atoms with Gasteiger partial charge in [-0.1, -0.05) is 120 Å². The summed E-state index contributed by atoms with van der Waals surface area (Å²) in [6.07, 6.45) is 14.2. The number of unbranched alkanes of at least 4 members (excludes halogenated alkanes) is 2. The monoisotopic (exact) mass is 574 g/mol. The Hall–Kier alpha value is -3.18. The van der Waals surface area contributed by atoms with Crippen LogP contribution in [0.3, 0.4) is 0 Å². The van der Waals surface area contributed by atoms with Gasteiger partial charge in [0.2, 0.25) is 0 Å². The number of aryl methyl sites for hydroxylation is 1. The van der Waals surface area contributed by atoms with Gasteiger partial charge in [0.1, 0.15) is 0 Å². The van der Waals surface area contributed by atoms with Crippen molar-refractivity contribution in [2.45, 2.75) is 84.5 Å². The van der Waals surface area contributed by atoms with Crippen molar-refractivity contribution in [2.75, 3.05) is 19.8 Å². The van der Waals surface area contributed by atoms with Gasteiger partial charge in [0.05, 0.1) is 25.4 Å². The minimum absolute atomic E-state index is 0.0108. The molecule has 0 aliphatic heterocycles. The summed E-state index contributed by atoms with van der Waals surface area (Å²) in [7, 11) is 0. The van der Waals surface area contributed by atoms with Crippen LogP contribution in [0.2, 0.25) is 0 Å². The average molecular weight is 575 g/mol. The molecule has 42 heavy (non-hydrogen) atoms. The molecule has 0 saturated heterocycles. The summed E-state index contributed by atoms with van der Waals surface area (Å²) in [5.41, 5.74) is 5.08. The fourth-order valence-corrected chi connectivity index (χ4v) is 5.74. The number of hydrogen-bond donors (Lipinski definition) is 1. The molecule has 1 N–H and O–H groups in total. The Balaban J connectivity index is 1.50. The van der Waals surface area contributed by atoms with Crippen LogP contribution in [0.1, 0.15) is 82.8 Å². The molecule has 1 saturated carbocycles. The Morgan fingerprint density at radius 2 is 1.33 bits per heavy atom. The van der Waals surface area contributed by atoms with Crippen molar-refractivity contribution < 1.29 is 24.2 Å². The van der Waals surface area contributed by atoms with Gasteiger partial charge in [-0.15, -0.1) is 0 Å². The van der Waals surface area contributed by atoms with Crippen LogP contribution in [-0.4, -0.2) is 36.9 Å². The van der Waals surface area contributed by atoms with Crippen LogP contribution in [0.4, 0.5) is 0 Å². The van der Waals surface area contributed by atoms with E-state index in [9.17, 15) is 9.59 Å². The molecule has 5 nitrogen and oxygen atoms in total. The topological polar surface area (TPSA) is 72.8 Å². The molecule has 2 aromatic carbocycles. The molecular weight excluding hydrogens is 524 g/mol. The third-order valence-electron chi connectivity index (χ3n) is 8.52. The summed E-state index contributed by atoms with van der Waals surface area (Å²) in [5, 5.41) is 9.12. The van der Waals surface area contributed by atoms with Gasteiger partial charge in [-0.05, 0) is 60.3 Å². The first-order chi connectivity index (χ1) is 20.3. The summed E-state index contributed by atoms with van der Waals surface area (Å²) in [6, 6.07) is 17.3. The van der Waals surface area contributed by atoms with E-state index in [0.29, 0.717) is 12.0 Å². The molecule has 228 valence electrons. The van der Waals surface area contributed by atoms with Gasteiger partial charge in [-0.25, -0.2) is 9.59 Å². The quantitative estimate of drug-likeness (QED) is 0.118. The zero-order valence-corrected chi connectivity index (χ0v) is 25.7. The number of rotatable bonds is 17. The first kappa shape index (κ1) is 33.3. The molecule has 0 bridgehead atoms. The SMILES string of the molecule is C=C(C)C(=O)OCC(COC(=O)C(=C)CO)Cc1ccc(-c2ccc(CCC3CCC(CCCCC)CC3)cc2)cc1. The lowest BCUT2D eigenvalue weighted by Crippen LogP contribution is -2.24. The fraction of sp³-hybridized carbons (Fsp3) is 0.514. The van der Waals surface area contributed by atoms with Crippen molar-refractivity contribution in [3.63, 3.8) is 0 Å². The number of aliphatic hydroxyl groups excluding tert-OH is 1. The molecule has 0 amide bonds. The highest BCUT2D eigenvalue weighted by Crippen LogP contribution is 2.34. The number of aliphatic hydroxyl groups is 1. The molecule has 3 rings (SSSR count). The van der Waals surface area contributed by atoms with Crippen molar-refractivity contribution >= 4 is 11.9 Å². The highest BCUT2D eigenvalue weighted by atomic mass is 16.5. The van der Waals surface area contributed by atoms with Gasteiger partial charge in [0.25, 0.3) is 0 Å². The largest absolute Gasteiger partial charge is 0.462 e. The molecule has 2 aromatic rings. The maximum absolute atomic E-state index is 12.0. The second-order valence-electron chi connectivity index (χ2n) is 12.1. The van der Waals surface area contributed by atoms with E-state index in [2.05, 4.69) is 68.6 Å². The van der Waals surface area contributed by atoms with Crippen LogP contribution in [0.5, 0.6) is 0 Å². The van der Waals surface area contributed by atoms with E-state index < -0.39 is 18.5 Å². The van der Waals surface area contributed by atoms with Crippen molar-refractivity contribution in [2.24, 2.45) is 17.8 Å². The third kappa shape index (κ3) is 11.2. The number of hydrogen-bond acceptors (Lipinski definition) is 5. The molecule has 1 atom stereocenters. The molecule has 1 aliphatic rings. The number of ether oxygens (including phenoxy) is 2. The standard InChI is InChI=1S/C37H50O5/c1-5-6-7-8-29-9-11-30(12-10-29)13-14-31-15-19-34(20-16-31)35-21-17-32(18-22-35)23-33(25-41-36(39)27(2)3)26-42-37(40)28(4)24-38/h15-22,29-30,33,38H,2,4-14,23-26H2,1,3H3. The van der Waals surface area contributed by atoms with E-state index in [-0.39, 0.29) is 24.7 Å². The van der Waals surface area contributed by atoms with Crippen molar-refractivity contribution in [1.29, 1.82) is 0 Å². The van der Waals surface area contributed by atoms with E-state index in [4.69, 9.17) is 14.6 Å². The maximum atomic E-state index is 12.0. The molecule has 0 spiro atoms. The molecule has 0 radical (unpaired) electrons. The zero-order chi connectivity index (χ0) is 30.3. The van der Waals surface area contributed by atoms with Gasteiger partial charge in [0.15, 0.2) is 0 Å². The predicted molar refractivity (Wildman–Crippen MR) is 170 cm³/mol. The van der Waals surface area contributed by atoms with Gasteiger partial charge < -0.3 is 14.6 Å². The second kappa shape index (κ2) is 17.7. The van der Waals surface area contributed by atoms with Crippen LogP contribution >= 0.6 is 0 Å². The Bertz CT molecular complexity index is 1140. The number of esters is 2. The molecule has 1 aliphatic carbocycles. The van der Waals surface area contributed by atoms with Crippen LogP contribution in [0.15, 0.2) is 72.8 Å². The Morgan fingerprint density at radius 1 is 0.810 bits per heavy atom. The number of carbonyl (C=O) groups is 2. The van der Waals surface area contributed by atoms with Crippen molar-refractivity contribution in [1.82, 2.24) is 0 Å². The summed E-state index contributed by atoms with van der Waals surface area (Å²) < 4.78 is 10.6. The van der Waals surface area contributed by atoms with E-state index >= 15 is 0 Å². The lowest BCUT2D eigenvalue weighted by atomic mass is 9.78. The molecule has 0 heterocycles. The van der Waals surface area contributed by atoms with E-state index in [1.54, 1.807) is 6.92 Å². The number of carbonyl (C=O) groups excluding carboxylic acids is 2. The fourth-order valence-electron chi connectivity index (χ4n) is 5.74. The molecule has 0 aromatic heterocycles. The molecule has 1 fully saturated rings. The smallest absolute Gasteiger partial charge is 0.335 e. The van der Waals surface area contributed by atoms with Gasteiger partial charge >= 0.3 is 11.9 Å². The van der Waals surface area contributed by atoms with Crippen molar-refractivity contribution in [3.05, 3.63) is 84.0 Å². The lowest BCUT2D eigenvalue weighted by molar-refractivity contribution is -0.144. The molecular formula is C37H50O5. The van der Waals surface area contributed by atoms with E-state index in [1.165, 1.54) is 68.9 Å². The van der Waals surface area contributed by atoms with E-state index in [1.807, 2.05) is 0 Å². The first-order valence-corrected chi connectivity index (χ1v) is 15.8. The molecule has 5 heteroatoms. The summed E-state index contributed by atoms with van der Waals surface area (Å²) in [4.78, 5) is 23.9. The Morgan fingerprint density at radius 3 is 1.86 bits per heavy atom. The molecule has 1 unspecified atom stereocenters. The minimum Gasteiger partial charge on any atom is -0.462 e. The van der Waals surface area contributed by atoms with Gasteiger partial charge in [0, 0.05) is 11.5 Å². The summed E-state index contributed by atoms with van der Waals surface area (Å²) in [6.45, 7) is 10.7. The van der Waals surface area contributed by atoms with Gasteiger partial charge in [-0.2, -0.15) is 0 Å². The summed E-state index contributed by atoms with van der Waals surface area (Å²) >= 11 is 0.